The third-order valence-electron chi connectivity index (χ3n) is 4.17. The van der Waals surface area contributed by atoms with E-state index in [2.05, 4.69) is 22.2 Å². The van der Waals surface area contributed by atoms with E-state index in [0.29, 0.717) is 19.3 Å². The Labute approximate surface area is 119 Å². The van der Waals surface area contributed by atoms with Gasteiger partial charge < -0.3 is 20.1 Å². The predicted molar refractivity (Wildman–Crippen MR) is 76.8 cm³/mol. The zero-order valence-corrected chi connectivity index (χ0v) is 12.3. The molecule has 20 heavy (non-hydrogen) atoms. The Morgan fingerprint density at radius 3 is 2.95 bits per heavy atom. The minimum absolute atomic E-state index is 0.0261. The Kier molecular flexibility index (Phi) is 3.96. The van der Waals surface area contributed by atoms with Crippen molar-refractivity contribution in [1.82, 2.24) is 15.1 Å². The topological polar surface area (TPSA) is 62.6 Å². The highest BCUT2D eigenvalue weighted by Gasteiger charge is 2.29. The molecule has 1 aliphatic carbocycles. The monoisotopic (exact) mass is 280 g/mol. The molecule has 0 radical (unpaired) electrons. The largest absolute Gasteiger partial charge is 0.394 e. The number of rotatable bonds is 5. The van der Waals surface area contributed by atoms with Gasteiger partial charge in [-0.1, -0.05) is 0 Å². The SMILES string of the molecule is Cc1nn(C)c(N2CCOCC2CO)c1CNC1CC1. The van der Waals surface area contributed by atoms with Gasteiger partial charge in [0, 0.05) is 31.7 Å². The first-order valence-corrected chi connectivity index (χ1v) is 7.41. The fourth-order valence-electron chi connectivity index (χ4n) is 2.87. The normalized spacial score (nSPS) is 23.4. The van der Waals surface area contributed by atoms with Crippen LogP contribution in [0.15, 0.2) is 0 Å². The summed E-state index contributed by atoms with van der Waals surface area (Å²) in [6.45, 7) is 5.11. The lowest BCUT2D eigenvalue weighted by Gasteiger charge is -2.36. The minimum Gasteiger partial charge on any atom is -0.394 e. The number of aliphatic hydroxyl groups is 1. The lowest BCUT2D eigenvalue weighted by atomic mass is 10.1. The van der Waals surface area contributed by atoms with Gasteiger partial charge in [-0.3, -0.25) is 4.68 Å². The quantitative estimate of drug-likeness (QED) is 0.805. The molecule has 1 aromatic heterocycles. The maximum Gasteiger partial charge on any atom is 0.131 e. The molecule has 1 unspecified atom stereocenters. The van der Waals surface area contributed by atoms with E-state index in [9.17, 15) is 5.11 Å². The van der Waals surface area contributed by atoms with Crippen molar-refractivity contribution in [3.05, 3.63) is 11.3 Å². The van der Waals surface area contributed by atoms with Gasteiger partial charge in [-0.05, 0) is 19.8 Å². The fraction of sp³-hybridized carbons (Fsp3) is 0.786. The molecule has 2 heterocycles. The van der Waals surface area contributed by atoms with Crippen molar-refractivity contribution < 1.29 is 9.84 Å². The van der Waals surface area contributed by atoms with Crippen LogP contribution in [0.2, 0.25) is 0 Å². The van der Waals surface area contributed by atoms with Crippen LogP contribution in [-0.2, 0) is 18.3 Å². The van der Waals surface area contributed by atoms with Crippen LogP contribution in [0.1, 0.15) is 24.1 Å². The number of hydrogen-bond donors (Lipinski definition) is 2. The number of aliphatic hydroxyl groups excluding tert-OH is 1. The van der Waals surface area contributed by atoms with Gasteiger partial charge in [0.2, 0.25) is 0 Å². The van der Waals surface area contributed by atoms with E-state index in [0.717, 1.165) is 24.6 Å². The summed E-state index contributed by atoms with van der Waals surface area (Å²) >= 11 is 0. The summed E-state index contributed by atoms with van der Waals surface area (Å²) in [6, 6.07) is 0.707. The second-order valence-corrected chi connectivity index (χ2v) is 5.77. The van der Waals surface area contributed by atoms with Crippen LogP contribution >= 0.6 is 0 Å². The van der Waals surface area contributed by atoms with Gasteiger partial charge in [-0.25, -0.2) is 0 Å². The van der Waals surface area contributed by atoms with Gasteiger partial charge in [-0.2, -0.15) is 5.10 Å². The lowest BCUT2D eigenvalue weighted by molar-refractivity contribution is 0.0718. The van der Waals surface area contributed by atoms with E-state index >= 15 is 0 Å². The summed E-state index contributed by atoms with van der Waals surface area (Å²) in [6.07, 6.45) is 2.57. The molecule has 2 fully saturated rings. The summed E-state index contributed by atoms with van der Waals surface area (Å²) in [5, 5.41) is 17.7. The van der Waals surface area contributed by atoms with Crippen molar-refractivity contribution in [1.29, 1.82) is 0 Å². The number of ether oxygens (including phenoxy) is 1. The van der Waals surface area contributed by atoms with Crippen LogP contribution in [0.25, 0.3) is 0 Å². The molecule has 6 heteroatoms. The second kappa shape index (κ2) is 5.71. The molecule has 1 saturated heterocycles. The minimum atomic E-state index is 0.0261. The molecule has 0 bridgehead atoms. The van der Waals surface area contributed by atoms with Crippen LogP contribution in [0, 0.1) is 6.92 Å². The molecule has 0 amide bonds. The van der Waals surface area contributed by atoms with Crippen molar-refractivity contribution in [3.8, 4) is 0 Å². The molecule has 6 nitrogen and oxygen atoms in total. The van der Waals surface area contributed by atoms with E-state index in [4.69, 9.17) is 4.74 Å². The number of hydrogen-bond acceptors (Lipinski definition) is 5. The molecule has 1 atom stereocenters. The summed E-state index contributed by atoms with van der Waals surface area (Å²) in [5.74, 6) is 1.12. The molecule has 1 saturated carbocycles. The molecular formula is C14H24N4O2. The first-order chi connectivity index (χ1) is 9.70. The lowest BCUT2D eigenvalue weighted by Crippen LogP contribution is -2.48. The van der Waals surface area contributed by atoms with Crippen molar-refractivity contribution in [2.75, 3.05) is 31.3 Å². The maximum atomic E-state index is 9.57. The summed E-state index contributed by atoms with van der Waals surface area (Å²) in [5.41, 5.74) is 2.32. The maximum absolute atomic E-state index is 9.57. The van der Waals surface area contributed by atoms with Crippen LogP contribution in [0.3, 0.4) is 0 Å². The third-order valence-corrected chi connectivity index (χ3v) is 4.17. The van der Waals surface area contributed by atoms with E-state index in [-0.39, 0.29) is 12.6 Å². The van der Waals surface area contributed by atoms with Crippen LogP contribution in [0.5, 0.6) is 0 Å². The molecule has 112 valence electrons. The van der Waals surface area contributed by atoms with Gasteiger partial charge in [0.05, 0.1) is 31.6 Å². The number of aromatic nitrogens is 2. The Hall–Kier alpha value is -1.11. The first kappa shape index (κ1) is 13.9. The van der Waals surface area contributed by atoms with Gasteiger partial charge >= 0.3 is 0 Å². The van der Waals surface area contributed by atoms with E-state index in [1.165, 1.54) is 18.4 Å². The summed E-state index contributed by atoms with van der Waals surface area (Å²) in [7, 11) is 1.98. The summed E-state index contributed by atoms with van der Waals surface area (Å²) < 4.78 is 7.41. The van der Waals surface area contributed by atoms with E-state index < -0.39 is 0 Å². The Morgan fingerprint density at radius 1 is 1.45 bits per heavy atom. The van der Waals surface area contributed by atoms with E-state index in [1.807, 2.05) is 11.7 Å². The fourth-order valence-corrected chi connectivity index (χ4v) is 2.87. The number of morpholine rings is 1. The molecule has 1 aromatic rings. The van der Waals surface area contributed by atoms with Crippen LogP contribution < -0.4 is 10.2 Å². The highest BCUT2D eigenvalue weighted by atomic mass is 16.5. The Balaban J connectivity index is 1.85. The summed E-state index contributed by atoms with van der Waals surface area (Å²) in [4.78, 5) is 2.24. The molecule has 2 N–H and O–H groups in total. The average molecular weight is 280 g/mol. The second-order valence-electron chi connectivity index (χ2n) is 5.77. The van der Waals surface area contributed by atoms with Crippen LogP contribution in [0.4, 0.5) is 5.82 Å². The van der Waals surface area contributed by atoms with Gasteiger partial charge in [0.25, 0.3) is 0 Å². The number of nitrogens with one attached hydrogen (secondary N) is 1. The molecule has 0 aromatic carbocycles. The Bertz CT molecular complexity index is 470. The molecule has 3 rings (SSSR count). The van der Waals surface area contributed by atoms with Crippen molar-refractivity contribution in [2.24, 2.45) is 7.05 Å². The zero-order valence-electron chi connectivity index (χ0n) is 12.3. The van der Waals surface area contributed by atoms with Gasteiger partial charge in [0.15, 0.2) is 0 Å². The highest BCUT2D eigenvalue weighted by molar-refractivity contribution is 5.51. The van der Waals surface area contributed by atoms with Crippen molar-refractivity contribution in [3.63, 3.8) is 0 Å². The number of aryl methyl sites for hydroxylation is 2. The van der Waals surface area contributed by atoms with Crippen molar-refractivity contribution >= 4 is 5.82 Å². The standard InChI is InChI=1S/C14H24N4O2/c1-10-13(7-15-11-3-4-11)14(17(2)16-10)18-5-6-20-9-12(18)8-19/h11-12,15,19H,3-9H2,1-2H3. The van der Waals surface area contributed by atoms with Gasteiger partial charge in [-0.15, -0.1) is 0 Å². The number of anilines is 1. The molecule has 2 aliphatic rings. The number of nitrogens with zero attached hydrogens (tertiary/aromatic N) is 3. The average Bonchev–Trinajstić information content (AvgIpc) is 3.22. The van der Waals surface area contributed by atoms with Gasteiger partial charge in [0.1, 0.15) is 5.82 Å². The first-order valence-electron chi connectivity index (χ1n) is 7.41. The zero-order chi connectivity index (χ0) is 14.1. The highest BCUT2D eigenvalue weighted by Crippen LogP contribution is 2.28. The third kappa shape index (κ3) is 2.68. The predicted octanol–water partition coefficient (Wildman–Crippen LogP) is 0.178. The Morgan fingerprint density at radius 2 is 2.25 bits per heavy atom. The van der Waals surface area contributed by atoms with E-state index in [1.54, 1.807) is 0 Å². The molecule has 1 aliphatic heterocycles. The smallest absolute Gasteiger partial charge is 0.131 e. The van der Waals surface area contributed by atoms with Crippen LogP contribution in [-0.4, -0.2) is 53.3 Å². The van der Waals surface area contributed by atoms with Crippen molar-refractivity contribution in [2.45, 2.75) is 38.4 Å². The molecule has 0 spiro atoms. The molecular weight excluding hydrogens is 256 g/mol.